The van der Waals surface area contributed by atoms with Crippen molar-refractivity contribution in [1.29, 1.82) is 0 Å². The van der Waals surface area contributed by atoms with Gasteiger partial charge in [-0.1, -0.05) is 73.5 Å². The van der Waals surface area contributed by atoms with Crippen molar-refractivity contribution in [2.75, 3.05) is 7.11 Å². The van der Waals surface area contributed by atoms with Crippen LogP contribution in [0.5, 0.6) is 0 Å². The minimum absolute atomic E-state index is 0.141. The number of para-hydroxylation sites is 2. The van der Waals surface area contributed by atoms with E-state index in [1.807, 2.05) is 60.7 Å². The molecule has 2 N–H and O–H groups in total. The summed E-state index contributed by atoms with van der Waals surface area (Å²) in [7, 11) is 1.32. The van der Waals surface area contributed by atoms with Gasteiger partial charge in [-0.05, 0) is 65.6 Å². The Hall–Kier alpha value is -4.42. The first-order chi connectivity index (χ1) is 19.0. The van der Waals surface area contributed by atoms with Gasteiger partial charge in [0, 0.05) is 16.1 Å². The van der Waals surface area contributed by atoms with Gasteiger partial charge >= 0.3 is 5.97 Å². The monoisotopic (exact) mass is 537 g/mol. The third-order valence-corrected chi connectivity index (χ3v) is 6.92. The Kier molecular flexibility index (Phi) is 7.75. The zero-order valence-electron chi connectivity index (χ0n) is 21.7. The van der Waals surface area contributed by atoms with Crippen LogP contribution in [-0.2, 0) is 4.74 Å². The first kappa shape index (κ1) is 26.2. The summed E-state index contributed by atoms with van der Waals surface area (Å²) in [6, 6.07) is 28.0. The smallest absolute Gasteiger partial charge is 0.338 e. The molecule has 5 rings (SSSR count). The largest absolute Gasteiger partial charge is 0.465 e. The molecule has 1 heterocycles. The molecule has 5 aromatic rings. The molecule has 196 valence electrons. The number of aromatic nitrogens is 2. The minimum atomic E-state index is -0.552. The number of esters is 1. The van der Waals surface area contributed by atoms with Crippen LogP contribution in [0.25, 0.3) is 33.5 Å². The molecule has 4 aromatic carbocycles. The maximum absolute atomic E-state index is 13.4. The van der Waals surface area contributed by atoms with E-state index in [0.29, 0.717) is 27.5 Å². The highest BCUT2D eigenvalue weighted by atomic mass is 35.5. The fraction of sp³-hybridized carbons (Fsp3) is 0.156. The van der Waals surface area contributed by atoms with Crippen LogP contribution < -0.4 is 5.32 Å². The number of halogens is 1. The molecule has 7 heteroatoms. The van der Waals surface area contributed by atoms with Gasteiger partial charge < -0.3 is 15.0 Å². The van der Waals surface area contributed by atoms with E-state index >= 15 is 0 Å². The van der Waals surface area contributed by atoms with Gasteiger partial charge in [-0.3, -0.25) is 4.79 Å². The lowest BCUT2D eigenvalue weighted by Crippen LogP contribution is -2.28. The number of carbonyl (C=O) groups is 2. The second kappa shape index (κ2) is 11.5. The van der Waals surface area contributed by atoms with Crippen LogP contribution in [0.1, 0.15) is 52.1 Å². The third kappa shape index (κ3) is 5.56. The molecule has 1 amide bonds. The van der Waals surface area contributed by atoms with Crippen LogP contribution in [0, 0.1) is 0 Å². The molecule has 0 aliphatic heterocycles. The lowest BCUT2D eigenvalue weighted by Gasteiger charge is -2.19. The topological polar surface area (TPSA) is 84.1 Å². The number of nitrogens with zero attached hydrogens (tertiary/aromatic N) is 1. The van der Waals surface area contributed by atoms with Gasteiger partial charge in [0.2, 0.25) is 0 Å². The fourth-order valence-electron chi connectivity index (χ4n) is 4.76. The molecule has 0 saturated carbocycles. The van der Waals surface area contributed by atoms with Crippen LogP contribution in [0.2, 0.25) is 5.02 Å². The predicted molar refractivity (Wildman–Crippen MR) is 155 cm³/mol. The molecule has 0 saturated heterocycles. The molecule has 0 radical (unpaired) electrons. The predicted octanol–water partition coefficient (Wildman–Crippen LogP) is 7.61. The second-order valence-corrected chi connectivity index (χ2v) is 9.71. The van der Waals surface area contributed by atoms with Gasteiger partial charge in [-0.25, -0.2) is 9.78 Å². The number of benzene rings is 4. The molecule has 1 atom stereocenters. The molecule has 1 aromatic heterocycles. The normalized spacial score (nSPS) is 11.8. The van der Waals surface area contributed by atoms with Gasteiger partial charge in [0.1, 0.15) is 5.82 Å². The molecule has 0 aliphatic rings. The Labute approximate surface area is 232 Å². The SMILES string of the molecule is CCC[C@@H](NC(=O)c1ccc(-c2cc(Cl)ccc2-c2nc3ccccc3[nH]2)c(C(=O)OC)c1)c1ccccc1. The van der Waals surface area contributed by atoms with Crippen molar-refractivity contribution in [3.05, 3.63) is 113 Å². The summed E-state index contributed by atoms with van der Waals surface area (Å²) in [6.45, 7) is 2.08. The van der Waals surface area contributed by atoms with Gasteiger partial charge in [0.05, 0.1) is 29.7 Å². The number of rotatable bonds is 8. The van der Waals surface area contributed by atoms with Crippen LogP contribution in [0.15, 0.2) is 91.0 Å². The van der Waals surface area contributed by atoms with Crippen molar-refractivity contribution >= 4 is 34.5 Å². The van der Waals surface area contributed by atoms with Crippen molar-refractivity contribution < 1.29 is 14.3 Å². The number of carbonyl (C=O) groups excluding carboxylic acids is 2. The van der Waals surface area contributed by atoms with Crippen molar-refractivity contribution in [3.63, 3.8) is 0 Å². The van der Waals surface area contributed by atoms with Crippen molar-refractivity contribution in [2.24, 2.45) is 0 Å². The number of aromatic amines is 1. The number of H-pyrrole nitrogens is 1. The second-order valence-electron chi connectivity index (χ2n) is 9.27. The van der Waals surface area contributed by atoms with E-state index in [1.54, 1.807) is 30.3 Å². The third-order valence-electron chi connectivity index (χ3n) is 6.69. The molecule has 39 heavy (non-hydrogen) atoms. The minimum Gasteiger partial charge on any atom is -0.465 e. The van der Waals surface area contributed by atoms with Crippen LogP contribution in [0.3, 0.4) is 0 Å². The van der Waals surface area contributed by atoms with E-state index in [1.165, 1.54) is 7.11 Å². The van der Waals surface area contributed by atoms with Gasteiger partial charge in [-0.2, -0.15) is 0 Å². The zero-order valence-corrected chi connectivity index (χ0v) is 22.5. The van der Waals surface area contributed by atoms with E-state index in [-0.39, 0.29) is 17.5 Å². The van der Waals surface area contributed by atoms with Crippen LogP contribution in [0.4, 0.5) is 0 Å². The highest BCUT2D eigenvalue weighted by molar-refractivity contribution is 6.31. The van der Waals surface area contributed by atoms with Crippen molar-refractivity contribution in [2.45, 2.75) is 25.8 Å². The molecule has 0 unspecified atom stereocenters. The first-order valence-electron chi connectivity index (χ1n) is 12.8. The molecule has 0 aliphatic carbocycles. The molecule has 0 spiro atoms. The zero-order chi connectivity index (χ0) is 27.4. The van der Waals surface area contributed by atoms with Crippen LogP contribution >= 0.6 is 11.6 Å². The van der Waals surface area contributed by atoms with E-state index in [4.69, 9.17) is 21.3 Å². The highest BCUT2D eigenvalue weighted by Crippen LogP contribution is 2.36. The number of ether oxygens (including phenoxy) is 1. The Morgan fingerprint density at radius 1 is 0.923 bits per heavy atom. The Balaban J connectivity index is 1.56. The number of hydrogen-bond acceptors (Lipinski definition) is 4. The summed E-state index contributed by atoms with van der Waals surface area (Å²) >= 11 is 6.41. The van der Waals surface area contributed by atoms with Crippen LogP contribution in [-0.4, -0.2) is 29.0 Å². The maximum Gasteiger partial charge on any atom is 0.338 e. The number of nitrogens with one attached hydrogen (secondary N) is 2. The lowest BCUT2D eigenvalue weighted by atomic mass is 9.93. The fourth-order valence-corrected chi connectivity index (χ4v) is 4.94. The molecular weight excluding hydrogens is 510 g/mol. The summed E-state index contributed by atoms with van der Waals surface area (Å²) < 4.78 is 5.12. The summed E-state index contributed by atoms with van der Waals surface area (Å²) in [5, 5.41) is 3.64. The Bertz CT molecular complexity index is 1610. The van der Waals surface area contributed by atoms with E-state index in [0.717, 1.165) is 35.0 Å². The van der Waals surface area contributed by atoms with Gasteiger partial charge in [0.25, 0.3) is 5.91 Å². The Morgan fingerprint density at radius 3 is 2.41 bits per heavy atom. The molecule has 0 fully saturated rings. The number of methoxy groups -OCH3 is 1. The summed E-state index contributed by atoms with van der Waals surface area (Å²) in [4.78, 5) is 34.4. The number of amides is 1. The Morgan fingerprint density at radius 2 is 1.67 bits per heavy atom. The van der Waals surface area contributed by atoms with Gasteiger partial charge in [-0.15, -0.1) is 0 Å². The maximum atomic E-state index is 13.4. The number of hydrogen-bond donors (Lipinski definition) is 2. The van der Waals surface area contributed by atoms with E-state index in [2.05, 4.69) is 17.2 Å². The summed E-state index contributed by atoms with van der Waals surface area (Å²) in [5.74, 6) is -0.174. The summed E-state index contributed by atoms with van der Waals surface area (Å²) in [5.41, 5.74) is 5.44. The van der Waals surface area contributed by atoms with E-state index in [9.17, 15) is 9.59 Å². The van der Waals surface area contributed by atoms with E-state index < -0.39 is 5.97 Å². The average Bonchev–Trinajstić information content (AvgIpc) is 3.40. The summed E-state index contributed by atoms with van der Waals surface area (Å²) in [6.07, 6.45) is 1.70. The quantitative estimate of drug-likeness (QED) is 0.199. The number of fused-ring (bicyclic) bond motifs is 1. The standard InChI is InChI=1S/C32H28ClN3O3/c1-3-9-27(20-10-5-4-6-11-20)36-31(37)21-14-16-23(26(18-21)32(38)39-2)25-19-22(33)15-17-24(25)30-34-28-12-7-8-13-29(28)35-30/h4-8,10-19,27H,3,9H2,1-2H3,(H,34,35)(H,36,37)/t27-/m1/s1. The first-order valence-corrected chi connectivity index (χ1v) is 13.2. The van der Waals surface area contributed by atoms with Crippen molar-refractivity contribution in [3.8, 4) is 22.5 Å². The van der Waals surface area contributed by atoms with Gasteiger partial charge in [0.15, 0.2) is 0 Å². The van der Waals surface area contributed by atoms with Crippen molar-refractivity contribution in [1.82, 2.24) is 15.3 Å². The lowest BCUT2D eigenvalue weighted by molar-refractivity contribution is 0.0601. The molecule has 6 nitrogen and oxygen atoms in total. The molecular formula is C32H28ClN3O3. The average molecular weight is 538 g/mol. The molecule has 0 bridgehead atoms. The highest BCUT2D eigenvalue weighted by Gasteiger charge is 2.22. The number of imidazole rings is 1.